The third-order valence-corrected chi connectivity index (χ3v) is 4.46. The van der Waals surface area contributed by atoms with Crippen molar-refractivity contribution >= 4 is 17.3 Å². The highest BCUT2D eigenvalue weighted by Gasteiger charge is 2.36. The first-order valence-electron chi connectivity index (χ1n) is 7.24. The Labute approximate surface area is 123 Å². The molecule has 2 aliphatic heterocycles. The zero-order valence-corrected chi connectivity index (χ0v) is 11.7. The van der Waals surface area contributed by atoms with Gasteiger partial charge in [0.15, 0.2) is 0 Å². The van der Waals surface area contributed by atoms with Gasteiger partial charge in [-0.05, 0) is 29.7 Å². The van der Waals surface area contributed by atoms with E-state index >= 15 is 0 Å². The molecule has 0 fully saturated rings. The number of nitrogens with two attached hydrogens (primary N) is 1. The number of hydrogen-bond donors (Lipinski definition) is 2. The first-order chi connectivity index (χ1) is 10.2. The van der Waals surface area contributed by atoms with E-state index in [9.17, 15) is 4.79 Å². The summed E-state index contributed by atoms with van der Waals surface area (Å²) in [5.41, 5.74) is 11.4. The number of rotatable bonds is 1. The molecule has 1 atom stereocenters. The minimum Gasteiger partial charge on any atom is -0.398 e. The predicted octanol–water partition coefficient (Wildman–Crippen LogP) is 2.32. The summed E-state index contributed by atoms with van der Waals surface area (Å²) in [5.74, 6) is 0.0727. The Morgan fingerprint density at radius 1 is 1.14 bits per heavy atom. The molecule has 2 aliphatic rings. The van der Waals surface area contributed by atoms with E-state index in [0.717, 1.165) is 36.4 Å². The van der Waals surface area contributed by atoms with E-state index in [1.54, 1.807) is 0 Å². The van der Waals surface area contributed by atoms with Gasteiger partial charge in [0.1, 0.15) is 6.04 Å². The van der Waals surface area contributed by atoms with Gasteiger partial charge in [-0.25, -0.2) is 0 Å². The van der Waals surface area contributed by atoms with E-state index < -0.39 is 0 Å². The number of amides is 1. The monoisotopic (exact) mass is 279 g/mol. The van der Waals surface area contributed by atoms with E-state index in [2.05, 4.69) is 16.3 Å². The van der Waals surface area contributed by atoms with Crippen LogP contribution in [0.3, 0.4) is 0 Å². The van der Waals surface area contributed by atoms with Crippen molar-refractivity contribution in [2.24, 2.45) is 0 Å². The topological polar surface area (TPSA) is 58.4 Å². The van der Waals surface area contributed by atoms with Crippen LogP contribution in [-0.2, 0) is 17.8 Å². The summed E-state index contributed by atoms with van der Waals surface area (Å²) >= 11 is 0. The van der Waals surface area contributed by atoms with Crippen LogP contribution in [0, 0.1) is 0 Å². The van der Waals surface area contributed by atoms with E-state index in [4.69, 9.17) is 5.73 Å². The van der Waals surface area contributed by atoms with E-state index in [1.807, 2.05) is 36.4 Å². The number of hydrogen-bond acceptors (Lipinski definition) is 3. The fourth-order valence-corrected chi connectivity index (χ4v) is 3.44. The van der Waals surface area contributed by atoms with Gasteiger partial charge in [-0.2, -0.15) is 0 Å². The van der Waals surface area contributed by atoms with Crippen molar-refractivity contribution in [1.29, 1.82) is 0 Å². The SMILES string of the molecule is Nc1cccc2c1CCN(C1C(=O)Nc3ccccc31)C2. The third kappa shape index (κ3) is 1.91. The summed E-state index contributed by atoms with van der Waals surface area (Å²) in [4.78, 5) is 14.6. The van der Waals surface area contributed by atoms with Crippen LogP contribution in [0.2, 0.25) is 0 Å². The molecule has 0 saturated carbocycles. The molecule has 0 aromatic heterocycles. The average Bonchev–Trinajstić information content (AvgIpc) is 2.83. The molecule has 0 bridgehead atoms. The predicted molar refractivity (Wildman–Crippen MR) is 82.8 cm³/mol. The highest BCUT2D eigenvalue weighted by molar-refractivity contribution is 6.02. The number of anilines is 2. The number of benzene rings is 2. The number of carbonyl (C=O) groups is 1. The molecule has 106 valence electrons. The highest BCUT2D eigenvalue weighted by Crippen LogP contribution is 2.37. The van der Waals surface area contributed by atoms with E-state index in [0.29, 0.717) is 0 Å². The quantitative estimate of drug-likeness (QED) is 0.788. The molecule has 0 saturated heterocycles. The van der Waals surface area contributed by atoms with Gasteiger partial charge in [-0.3, -0.25) is 9.69 Å². The van der Waals surface area contributed by atoms with Crippen molar-refractivity contribution in [2.75, 3.05) is 17.6 Å². The van der Waals surface area contributed by atoms with Crippen LogP contribution in [0.25, 0.3) is 0 Å². The van der Waals surface area contributed by atoms with Gasteiger partial charge in [0.2, 0.25) is 5.91 Å². The summed E-state index contributed by atoms with van der Waals surface area (Å²) < 4.78 is 0. The Morgan fingerprint density at radius 2 is 2.00 bits per heavy atom. The summed E-state index contributed by atoms with van der Waals surface area (Å²) in [7, 11) is 0. The van der Waals surface area contributed by atoms with Gasteiger partial charge in [0.25, 0.3) is 0 Å². The number of nitrogens with zero attached hydrogens (tertiary/aromatic N) is 1. The molecule has 21 heavy (non-hydrogen) atoms. The number of fused-ring (bicyclic) bond motifs is 2. The largest absolute Gasteiger partial charge is 0.398 e. The number of para-hydroxylation sites is 1. The summed E-state index contributed by atoms with van der Waals surface area (Å²) in [6.45, 7) is 1.63. The lowest BCUT2D eigenvalue weighted by Crippen LogP contribution is -2.37. The van der Waals surface area contributed by atoms with Gasteiger partial charge in [0.05, 0.1) is 0 Å². The van der Waals surface area contributed by atoms with Crippen molar-refractivity contribution in [3.05, 3.63) is 59.2 Å². The molecular weight excluding hydrogens is 262 g/mol. The second kappa shape index (κ2) is 4.60. The van der Waals surface area contributed by atoms with Crippen LogP contribution in [-0.4, -0.2) is 17.4 Å². The Hall–Kier alpha value is -2.33. The Bertz CT molecular complexity index is 726. The van der Waals surface area contributed by atoms with Crippen molar-refractivity contribution in [3.8, 4) is 0 Å². The maximum Gasteiger partial charge on any atom is 0.246 e. The lowest BCUT2D eigenvalue weighted by Gasteiger charge is -2.33. The molecule has 2 heterocycles. The second-order valence-corrected chi connectivity index (χ2v) is 5.68. The minimum atomic E-state index is -0.184. The van der Waals surface area contributed by atoms with Crippen LogP contribution < -0.4 is 11.1 Å². The fraction of sp³-hybridized carbons (Fsp3) is 0.235. The van der Waals surface area contributed by atoms with Crippen LogP contribution in [0.15, 0.2) is 42.5 Å². The Morgan fingerprint density at radius 3 is 2.90 bits per heavy atom. The van der Waals surface area contributed by atoms with E-state index in [-0.39, 0.29) is 11.9 Å². The average molecular weight is 279 g/mol. The minimum absolute atomic E-state index is 0.0727. The zero-order chi connectivity index (χ0) is 14.4. The standard InChI is InChI=1S/C17H17N3O/c18-14-6-3-4-11-10-20(9-8-12(11)14)16-13-5-1-2-7-15(13)19-17(16)21/h1-7,16H,8-10,18H2,(H,19,21). The summed E-state index contributed by atoms with van der Waals surface area (Å²) in [6.07, 6.45) is 0.897. The molecular formula is C17H17N3O. The van der Waals surface area contributed by atoms with Crippen molar-refractivity contribution in [3.63, 3.8) is 0 Å². The molecule has 1 amide bonds. The molecule has 2 aromatic rings. The maximum absolute atomic E-state index is 12.3. The Balaban J connectivity index is 1.69. The molecule has 4 rings (SSSR count). The summed E-state index contributed by atoms with van der Waals surface area (Å²) in [5, 5.41) is 2.97. The van der Waals surface area contributed by atoms with Crippen molar-refractivity contribution < 1.29 is 4.79 Å². The van der Waals surface area contributed by atoms with Crippen molar-refractivity contribution in [2.45, 2.75) is 19.0 Å². The normalized spacial score (nSPS) is 20.8. The Kier molecular flexibility index (Phi) is 2.72. The molecule has 3 N–H and O–H groups in total. The van der Waals surface area contributed by atoms with E-state index in [1.165, 1.54) is 11.1 Å². The number of carbonyl (C=O) groups excluding carboxylic acids is 1. The molecule has 2 aromatic carbocycles. The lowest BCUT2D eigenvalue weighted by molar-refractivity contribution is -0.121. The molecule has 0 spiro atoms. The zero-order valence-electron chi connectivity index (χ0n) is 11.7. The molecule has 4 heteroatoms. The van der Waals surface area contributed by atoms with Crippen LogP contribution in [0.1, 0.15) is 22.7 Å². The highest BCUT2D eigenvalue weighted by atomic mass is 16.2. The smallest absolute Gasteiger partial charge is 0.246 e. The summed E-state index contributed by atoms with van der Waals surface area (Å²) in [6, 6.07) is 13.8. The third-order valence-electron chi connectivity index (χ3n) is 4.46. The van der Waals surface area contributed by atoms with Gasteiger partial charge < -0.3 is 11.1 Å². The molecule has 1 unspecified atom stereocenters. The fourth-order valence-electron chi connectivity index (χ4n) is 3.44. The van der Waals surface area contributed by atoms with Crippen molar-refractivity contribution in [1.82, 2.24) is 4.90 Å². The molecule has 0 radical (unpaired) electrons. The van der Waals surface area contributed by atoms with Crippen LogP contribution in [0.4, 0.5) is 11.4 Å². The number of nitrogens with one attached hydrogen (secondary N) is 1. The lowest BCUT2D eigenvalue weighted by atomic mass is 9.95. The second-order valence-electron chi connectivity index (χ2n) is 5.68. The van der Waals surface area contributed by atoms with Gasteiger partial charge >= 0.3 is 0 Å². The van der Waals surface area contributed by atoms with Gasteiger partial charge in [-0.1, -0.05) is 30.3 Å². The molecule has 0 aliphatic carbocycles. The van der Waals surface area contributed by atoms with Gasteiger partial charge in [0, 0.05) is 30.0 Å². The maximum atomic E-state index is 12.3. The first-order valence-corrected chi connectivity index (χ1v) is 7.24. The van der Waals surface area contributed by atoms with Crippen LogP contribution in [0.5, 0.6) is 0 Å². The number of nitrogen functional groups attached to an aromatic ring is 1. The first kappa shape index (κ1) is 12.4. The van der Waals surface area contributed by atoms with Gasteiger partial charge in [-0.15, -0.1) is 0 Å². The van der Waals surface area contributed by atoms with Crippen LogP contribution >= 0.6 is 0 Å². The molecule has 4 nitrogen and oxygen atoms in total.